The van der Waals surface area contributed by atoms with Gasteiger partial charge in [0.25, 0.3) is 0 Å². The molecule has 1 unspecified atom stereocenters. The van der Waals surface area contributed by atoms with Gasteiger partial charge in [-0.2, -0.15) is 0 Å². The monoisotopic (exact) mass is 297 g/mol. The molecule has 2 rings (SSSR count). The predicted molar refractivity (Wildman–Crippen MR) is 71.0 cm³/mol. The van der Waals surface area contributed by atoms with Gasteiger partial charge in [-0.05, 0) is 43.4 Å². The van der Waals surface area contributed by atoms with Gasteiger partial charge in [-0.1, -0.05) is 22.0 Å². The molecule has 0 amide bonds. The molecule has 3 nitrogen and oxygen atoms in total. The van der Waals surface area contributed by atoms with Crippen LogP contribution in [-0.2, 0) is 9.53 Å². The van der Waals surface area contributed by atoms with E-state index in [0.29, 0.717) is 5.92 Å². The van der Waals surface area contributed by atoms with Crippen molar-refractivity contribution in [2.45, 2.75) is 25.8 Å². The minimum absolute atomic E-state index is 0.177. The average Bonchev–Trinajstić information content (AvgIpc) is 3.13. The van der Waals surface area contributed by atoms with Crippen molar-refractivity contribution >= 4 is 27.6 Å². The lowest BCUT2D eigenvalue weighted by molar-refractivity contribution is -0.142. The maximum absolute atomic E-state index is 11.7. The van der Waals surface area contributed by atoms with Crippen LogP contribution in [0.5, 0.6) is 0 Å². The normalized spacial score (nSPS) is 16.4. The smallest absolute Gasteiger partial charge is 0.328 e. The zero-order chi connectivity index (χ0) is 12.4. The topological polar surface area (TPSA) is 38.3 Å². The van der Waals surface area contributed by atoms with Gasteiger partial charge in [-0.3, -0.25) is 0 Å². The van der Waals surface area contributed by atoms with Crippen LogP contribution in [0.1, 0.15) is 18.4 Å². The van der Waals surface area contributed by atoms with E-state index in [1.165, 1.54) is 12.7 Å². The number of benzene rings is 1. The molecule has 1 saturated carbocycles. The number of esters is 1. The van der Waals surface area contributed by atoms with Crippen LogP contribution in [0.4, 0.5) is 5.69 Å². The van der Waals surface area contributed by atoms with Gasteiger partial charge in [0.15, 0.2) is 0 Å². The van der Waals surface area contributed by atoms with E-state index in [1.807, 2.05) is 25.1 Å². The summed E-state index contributed by atoms with van der Waals surface area (Å²) in [5.74, 6) is 0.242. The summed E-state index contributed by atoms with van der Waals surface area (Å²) in [7, 11) is 1.43. The maximum Gasteiger partial charge on any atom is 0.328 e. The number of hydrogen-bond donors (Lipinski definition) is 1. The van der Waals surface area contributed by atoms with Gasteiger partial charge >= 0.3 is 5.97 Å². The van der Waals surface area contributed by atoms with Crippen LogP contribution in [0.3, 0.4) is 0 Å². The molecular weight excluding hydrogens is 282 g/mol. The van der Waals surface area contributed by atoms with Gasteiger partial charge in [0.05, 0.1) is 7.11 Å². The third-order valence-corrected chi connectivity index (χ3v) is 3.90. The minimum atomic E-state index is -0.213. The molecule has 0 aromatic heterocycles. The molecule has 17 heavy (non-hydrogen) atoms. The number of halogens is 1. The molecule has 1 aromatic rings. The summed E-state index contributed by atoms with van der Waals surface area (Å²) in [6, 6.07) is 5.79. The van der Waals surface area contributed by atoms with E-state index in [2.05, 4.69) is 21.2 Å². The third-order valence-electron chi connectivity index (χ3n) is 3.04. The van der Waals surface area contributed by atoms with E-state index < -0.39 is 0 Å². The minimum Gasteiger partial charge on any atom is -0.467 e. The number of nitrogens with one attached hydrogen (secondary N) is 1. The Bertz CT molecular complexity index is 429. The number of rotatable bonds is 4. The van der Waals surface area contributed by atoms with E-state index in [4.69, 9.17) is 4.74 Å². The summed E-state index contributed by atoms with van der Waals surface area (Å²) in [6.07, 6.45) is 2.19. The van der Waals surface area contributed by atoms with E-state index in [0.717, 1.165) is 23.0 Å². The Balaban J connectivity index is 2.11. The van der Waals surface area contributed by atoms with Crippen molar-refractivity contribution in [1.29, 1.82) is 0 Å². The number of anilines is 1. The summed E-state index contributed by atoms with van der Waals surface area (Å²) in [4.78, 5) is 11.7. The van der Waals surface area contributed by atoms with Crippen molar-refractivity contribution < 1.29 is 9.53 Å². The number of carbonyl (C=O) groups excluding carboxylic acids is 1. The first-order valence-electron chi connectivity index (χ1n) is 5.72. The molecule has 92 valence electrons. The van der Waals surface area contributed by atoms with Crippen LogP contribution in [-0.4, -0.2) is 19.1 Å². The van der Waals surface area contributed by atoms with Crippen molar-refractivity contribution in [3.8, 4) is 0 Å². The fourth-order valence-electron chi connectivity index (χ4n) is 1.79. The molecule has 1 aromatic carbocycles. The highest BCUT2D eigenvalue weighted by atomic mass is 79.9. The number of ether oxygens (including phenoxy) is 1. The molecule has 0 heterocycles. The number of aryl methyl sites for hydroxylation is 1. The number of hydrogen-bond acceptors (Lipinski definition) is 3. The van der Waals surface area contributed by atoms with E-state index in [1.54, 1.807) is 0 Å². The predicted octanol–water partition coefficient (Wildman–Crippen LogP) is 3.12. The molecular formula is C13H16BrNO2. The lowest BCUT2D eigenvalue weighted by Gasteiger charge is -2.17. The quantitative estimate of drug-likeness (QED) is 0.868. The van der Waals surface area contributed by atoms with E-state index in [-0.39, 0.29) is 12.0 Å². The Morgan fingerprint density at radius 1 is 1.53 bits per heavy atom. The van der Waals surface area contributed by atoms with Gasteiger partial charge < -0.3 is 10.1 Å². The molecule has 0 radical (unpaired) electrons. The molecule has 0 saturated heterocycles. The Morgan fingerprint density at radius 2 is 2.24 bits per heavy atom. The summed E-state index contributed by atoms with van der Waals surface area (Å²) in [6.45, 7) is 2.03. The largest absolute Gasteiger partial charge is 0.467 e. The van der Waals surface area contributed by atoms with Crippen LogP contribution in [0.2, 0.25) is 0 Å². The van der Waals surface area contributed by atoms with E-state index >= 15 is 0 Å². The van der Waals surface area contributed by atoms with Gasteiger partial charge in [0.2, 0.25) is 0 Å². The van der Waals surface area contributed by atoms with Crippen molar-refractivity contribution in [3.05, 3.63) is 28.2 Å². The molecule has 1 N–H and O–H groups in total. The van der Waals surface area contributed by atoms with Gasteiger partial charge in [-0.25, -0.2) is 4.79 Å². The SMILES string of the molecule is COC(=O)C(Nc1ccc(C)c(Br)c1)C1CC1. The van der Waals surface area contributed by atoms with Crippen LogP contribution >= 0.6 is 15.9 Å². The van der Waals surface area contributed by atoms with Crippen molar-refractivity contribution in [2.24, 2.45) is 5.92 Å². The summed E-state index contributed by atoms with van der Waals surface area (Å²) in [5, 5.41) is 3.26. The Hall–Kier alpha value is -1.03. The van der Waals surface area contributed by atoms with E-state index in [9.17, 15) is 4.79 Å². The molecule has 1 aliphatic rings. The molecule has 0 bridgehead atoms. The Labute approximate surface area is 110 Å². The Morgan fingerprint density at radius 3 is 2.76 bits per heavy atom. The van der Waals surface area contributed by atoms with Crippen LogP contribution in [0.15, 0.2) is 22.7 Å². The first-order valence-corrected chi connectivity index (χ1v) is 6.51. The second kappa shape index (κ2) is 5.08. The number of methoxy groups -OCH3 is 1. The zero-order valence-electron chi connectivity index (χ0n) is 10.00. The van der Waals surface area contributed by atoms with Crippen molar-refractivity contribution in [3.63, 3.8) is 0 Å². The zero-order valence-corrected chi connectivity index (χ0v) is 11.6. The van der Waals surface area contributed by atoms with Crippen LogP contribution in [0, 0.1) is 12.8 Å². The number of carbonyl (C=O) groups is 1. The standard InChI is InChI=1S/C13H16BrNO2/c1-8-3-6-10(7-11(8)14)15-12(9-4-5-9)13(16)17-2/h3,6-7,9,12,15H,4-5H2,1-2H3. The van der Waals surface area contributed by atoms with Crippen LogP contribution in [0.25, 0.3) is 0 Å². The van der Waals surface area contributed by atoms with Crippen LogP contribution < -0.4 is 5.32 Å². The summed E-state index contributed by atoms with van der Waals surface area (Å²) >= 11 is 3.49. The second-order valence-corrected chi connectivity index (χ2v) is 5.30. The van der Waals surface area contributed by atoms with Gasteiger partial charge in [-0.15, -0.1) is 0 Å². The molecule has 4 heteroatoms. The third kappa shape index (κ3) is 3.00. The lowest BCUT2D eigenvalue weighted by atomic mass is 10.1. The lowest BCUT2D eigenvalue weighted by Crippen LogP contribution is -2.32. The molecule has 1 atom stereocenters. The van der Waals surface area contributed by atoms with Crippen molar-refractivity contribution in [2.75, 3.05) is 12.4 Å². The maximum atomic E-state index is 11.7. The molecule has 1 aliphatic carbocycles. The Kier molecular flexibility index (Phi) is 3.72. The highest BCUT2D eigenvalue weighted by Crippen LogP contribution is 2.35. The fourth-order valence-corrected chi connectivity index (χ4v) is 2.17. The fraction of sp³-hybridized carbons (Fsp3) is 0.462. The molecule has 0 aliphatic heterocycles. The first-order chi connectivity index (χ1) is 8.11. The molecule has 1 fully saturated rings. The molecule has 0 spiro atoms. The van der Waals surface area contributed by atoms with Gasteiger partial charge in [0, 0.05) is 10.2 Å². The first kappa shape index (κ1) is 12.4. The average molecular weight is 298 g/mol. The summed E-state index contributed by atoms with van der Waals surface area (Å²) < 4.78 is 5.87. The summed E-state index contributed by atoms with van der Waals surface area (Å²) in [5.41, 5.74) is 2.13. The highest BCUT2D eigenvalue weighted by molar-refractivity contribution is 9.10. The second-order valence-electron chi connectivity index (χ2n) is 4.45. The van der Waals surface area contributed by atoms with Gasteiger partial charge in [0.1, 0.15) is 6.04 Å². The van der Waals surface area contributed by atoms with Crippen molar-refractivity contribution in [1.82, 2.24) is 0 Å². The highest BCUT2D eigenvalue weighted by Gasteiger charge is 2.36.